The second-order valence-corrected chi connectivity index (χ2v) is 7.89. The van der Waals surface area contributed by atoms with Crippen LogP contribution in [-0.4, -0.2) is 11.8 Å². The van der Waals surface area contributed by atoms with E-state index in [0.29, 0.717) is 13.1 Å². The van der Waals surface area contributed by atoms with Gasteiger partial charge in [0.15, 0.2) is 0 Å². The molecule has 0 atom stereocenters. The van der Waals surface area contributed by atoms with Gasteiger partial charge in [0.1, 0.15) is 5.76 Å². The van der Waals surface area contributed by atoms with E-state index in [2.05, 4.69) is 30.4 Å². The van der Waals surface area contributed by atoms with E-state index in [-0.39, 0.29) is 24.2 Å². The molecule has 1 saturated carbocycles. The van der Waals surface area contributed by atoms with Crippen LogP contribution >= 0.6 is 0 Å². The molecule has 0 spiro atoms. The largest absolute Gasteiger partial charge is 0.467 e. The van der Waals surface area contributed by atoms with Gasteiger partial charge < -0.3 is 14.6 Å². The van der Waals surface area contributed by atoms with Crippen molar-refractivity contribution < 1.29 is 14.0 Å². The van der Waals surface area contributed by atoms with Crippen LogP contribution in [-0.2, 0) is 29.1 Å². The third kappa shape index (κ3) is 5.17. The Kier molecular flexibility index (Phi) is 5.98. The molecule has 0 aliphatic heterocycles. The van der Waals surface area contributed by atoms with Crippen LogP contribution in [0.3, 0.4) is 0 Å². The van der Waals surface area contributed by atoms with Crippen LogP contribution < -0.4 is 10.2 Å². The van der Waals surface area contributed by atoms with Gasteiger partial charge in [-0.3, -0.25) is 9.59 Å². The van der Waals surface area contributed by atoms with Crippen LogP contribution in [0.25, 0.3) is 0 Å². The molecule has 2 aromatic carbocycles. The van der Waals surface area contributed by atoms with Gasteiger partial charge in [-0.2, -0.15) is 0 Å². The van der Waals surface area contributed by atoms with E-state index in [9.17, 15) is 9.59 Å². The van der Waals surface area contributed by atoms with Gasteiger partial charge in [-0.05, 0) is 55.2 Å². The highest BCUT2D eigenvalue weighted by atomic mass is 16.3. The Labute approximate surface area is 176 Å². The third-order valence-electron chi connectivity index (χ3n) is 5.27. The fourth-order valence-corrected chi connectivity index (χ4v) is 3.48. The molecule has 5 nitrogen and oxygen atoms in total. The second kappa shape index (κ2) is 8.99. The average molecular weight is 402 g/mol. The van der Waals surface area contributed by atoms with Crippen molar-refractivity contribution in [3.05, 3.63) is 89.4 Å². The standard InChI is InChI=1S/C25H26N2O3/c1-18-4-2-5-20(14-18)17-27(25(29)21-9-10-21)22-11-7-19(8-12-22)15-24(28)26-16-23-6-3-13-30-23/h2-8,11-14,21H,9-10,15-17H2,1H3,(H,26,28). The first-order chi connectivity index (χ1) is 14.6. The molecule has 0 saturated heterocycles. The lowest BCUT2D eigenvalue weighted by Gasteiger charge is -2.23. The number of carbonyl (C=O) groups is 2. The predicted octanol–water partition coefficient (Wildman–Crippen LogP) is 4.39. The molecule has 2 amide bonds. The van der Waals surface area contributed by atoms with E-state index in [1.807, 2.05) is 41.3 Å². The maximum absolute atomic E-state index is 12.9. The normalized spacial score (nSPS) is 13.1. The highest BCUT2D eigenvalue weighted by molar-refractivity contribution is 5.96. The summed E-state index contributed by atoms with van der Waals surface area (Å²) in [5, 5.41) is 2.85. The Morgan fingerprint density at radius 2 is 1.83 bits per heavy atom. The fourth-order valence-electron chi connectivity index (χ4n) is 3.48. The minimum absolute atomic E-state index is 0.0650. The Bertz CT molecular complexity index is 1010. The molecular weight excluding hydrogens is 376 g/mol. The Hall–Kier alpha value is -3.34. The molecule has 1 aliphatic carbocycles. The number of furan rings is 1. The van der Waals surface area contributed by atoms with Crippen molar-refractivity contribution in [2.45, 2.75) is 39.3 Å². The number of amides is 2. The minimum atomic E-state index is -0.0650. The summed E-state index contributed by atoms with van der Waals surface area (Å²) >= 11 is 0. The van der Waals surface area contributed by atoms with Crippen LogP contribution in [0.15, 0.2) is 71.3 Å². The smallest absolute Gasteiger partial charge is 0.230 e. The number of benzene rings is 2. The topological polar surface area (TPSA) is 62.6 Å². The number of nitrogens with one attached hydrogen (secondary N) is 1. The van der Waals surface area contributed by atoms with Crippen molar-refractivity contribution >= 4 is 17.5 Å². The highest BCUT2D eigenvalue weighted by Crippen LogP contribution is 2.33. The maximum atomic E-state index is 12.9. The molecule has 5 heteroatoms. The van der Waals surface area contributed by atoms with E-state index < -0.39 is 0 Å². The fraction of sp³-hybridized carbons (Fsp3) is 0.280. The first-order valence-electron chi connectivity index (χ1n) is 10.3. The molecule has 30 heavy (non-hydrogen) atoms. The van der Waals surface area contributed by atoms with Crippen molar-refractivity contribution in [1.29, 1.82) is 0 Å². The zero-order valence-corrected chi connectivity index (χ0v) is 17.1. The molecule has 1 heterocycles. The monoisotopic (exact) mass is 402 g/mol. The van der Waals surface area contributed by atoms with E-state index in [0.717, 1.165) is 35.4 Å². The molecule has 1 aliphatic rings. The molecule has 1 fully saturated rings. The van der Waals surface area contributed by atoms with Gasteiger partial charge in [-0.1, -0.05) is 42.0 Å². The summed E-state index contributed by atoms with van der Waals surface area (Å²) in [5.74, 6) is 0.983. The SMILES string of the molecule is Cc1cccc(CN(C(=O)C2CC2)c2ccc(CC(=O)NCc3ccco3)cc2)c1. The molecule has 0 unspecified atom stereocenters. The molecule has 0 bridgehead atoms. The summed E-state index contributed by atoms with van der Waals surface area (Å²) < 4.78 is 5.23. The number of hydrogen-bond donors (Lipinski definition) is 1. The van der Waals surface area contributed by atoms with Gasteiger partial charge in [0.25, 0.3) is 0 Å². The quantitative estimate of drug-likeness (QED) is 0.608. The van der Waals surface area contributed by atoms with Crippen LogP contribution in [0.5, 0.6) is 0 Å². The summed E-state index contributed by atoms with van der Waals surface area (Å²) in [7, 11) is 0. The van der Waals surface area contributed by atoms with Crippen LogP contribution in [0, 0.1) is 12.8 Å². The van der Waals surface area contributed by atoms with Crippen molar-refractivity contribution in [3.63, 3.8) is 0 Å². The van der Waals surface area contributed by atoms with Gasteiger partial charge in [-0.15, -0.1) is 0 Å². The zero-order valence-electron chi connectivity index (χ0n) is 17.1. The maximum Gasteiger partial charge on any atom is 0.230 e. The highest BCUT2D eigenvalue weighted by Gasteiger charge is 2.34. The van der Waals surface area contributed by atoms with Crippen molar-refractivity contribution in [2.24, 2.45) is 5.92 Å². The number of aryl methyl sites for hydroxylation is 1. The zero-order chi connectivity index (χ0) is 20.9. The van der Waals surface area contributed by atoms with E-state index in [4.69, 9.17) is 4.42 Å². The number of rotatable bonds is 8. The van der Waals surface area contributed by atoms with Crippen molar-refractivity contribution in [3.8, 4) is 0 Å². The lowest BCUT2D eigenvalue weighted by molar-refractivity contribution is -0.121. The summed E-state index contributed by atoms with van der Waals surface area (Å²) in [6.45, 7) is 2.99. The molecule has 1 N–H and O–H groups in total. The average Bonchev–Trinajstić information content (AvgIpc) is 3.46. The lowest BCUT2D eigenvalue weighted by Crippen LogP contribution is -2.31. The summed E-state index contributed by atoms with van der Waals surface area (Å²) in [4.78, 5) is 27.0. The van der Waals surface area contributed by atoms with Gasteiger partial charge in [0, 0.05) is 11.6 Å². The molecular formula is C25H26N2O3. The number of carbonyl (C=O) groups excluding carboxylic acids is 2. The third-order valence-corrected chi connectivity index (χ3v) is 5.27. The first-order valence-corrected chi connectivity index (χ1v) is 10.3. The van der Waals surface area contributed by atoms with Crippen molar-refractivity contribution in [1.82, 2.24) is 5.32 Å². The van der Waals surface area contributed by atoms with Gasteiger partial charge in [0.2, 0.25) is 11.8 Å². The molecule has 1 aromatic heterocycles. The Morgan fingerprint density at radius 3 is 2.50 bits per heavy atom. The van der Waals surface area contributed by atoms with Gasteiger partial charge in [0.05, 0.1) is 25.8 Å². The number of nitrogens with zero attached hydrogens (tertiary/aromatic N) is 1. The predicted molar refractivity (Wildman–Crippen MR) is 116 cm³/mol. The Balaban J connectivity index is 1.42. The van der Waals surface area contributed by atoms with Crippen molar-refractivity contribution in [2.75, 3.05) is 4.90 Å². The van der Waals surface area contributed by atoms with E-state index in [1.54, 1.807) is 12.3 Å². The molecule has 154 valence electrons. The van der Waals surface area contributed by atoms with Crippen LogP contribution in [0.1, 0.15) is 35.3 Å². The molecule has 0 radical (unpaired) electrons. The number of anilines is 1. The first kappa shape index (κ1) is 20.0. The summed E-state index contributed by atoms with van der Waals surface area (Å²) in [6.07, 6.45) is 3.81. The van der Waals surface area contributed by atoms with E-state index in [1.165, 1.54) is 5.56 Å². The number of hydrogen-bond acceptors (Lipinski definition) is 3. The van der Waals surface area contributed by atoms with Crippen LogP contribution in [0.4, 0.5) is 5.69 Å². The second-order valence-electron chi connectivity index (χ2n) is 7.89. The molecule has 4 rings (SSSR count). The lowest BCUT2D eigenvalue weighted by atomic mass is 10.1. The Morgan fingerprint density at radius 1 is 1.03 bits per heavy atom. The van der Waals surface area contributed by atoms with E-state index >= 15 is 0 Å². The minimum Gasteiger partial charge on any atom is -0.467 e. The van der Waals surface area contributed by atoms with Gasteiger partial charge in [-0.25, -0.2) is 0 Å². The van der Waals surface area contributed by atoms with Crippen LogP contribution in [0.2, 0.25) is 0 Å². The molecule has 3 aromatic rings. The van der Waals surface area contributed by atoms with Gasteiger partial charge >= 0.3 is 0 Å². The summed E-state index contributed by atoms with van der Waals surface area (Å²) in [5.41, 5.74) is 4.07. The summed E-state index contributed by atoms with van der Waals surface area (Å²) in [6, 6.07) is 19.6.